The van der Waals surface area contributed by atoms with Gasteiger partial charge < -0.3 is 0 Å². The van der Waals surface area contributed by atoms with Gasteiger partial charge in [0, 0.05) is 23.0 Å². The summed E-state index contributed by atoms with van der Waals surface area (Å²) in [5, 5.41) is 0. The third-order valence-electron chi connectivity index (χ3n) is 4.95. The molecule has 1 aromatic heterocycles. The van der Waals surface area contributed by atoms with Crippen LogP contribution in [0.5, 0.6) is 0 Å². The van der Waals surface area contributed by atoms with Crippen molar-refractivity contribution in [2.75, 3.05) is 11.4 Å². The number of anilines is 1. The molecule has 0 radical (unpaired) electrons. The first kappa shape index (κ1) is 15.0. The molecule has 126 valence electrons. The van der Waals surface area contributed by atoms with Crippen molar-refractivity contribution >= 4 is 17.2 Å². The number of para-hydroxylation sites is 1. The van der Waals surface area contributed by atoms with E-state index in [1.54, 1.807) is 6.33 Å². The Hall–Kier alpha value is -3.27. The third kappa shape index (κ3) is 2.42. The van der Waals surface area contributed by atoms with Crippen molar-refractivity contribution in [1.29, 1.82) is 0 Å². The molecule has 0 atom stereocenters. The molecule has 2 heterocycles. The van der Waals surface area contributed by atoms with Crippen molar-refractivity contribution in [1.82, 2.24) is 9.97 Å². The van der Waals surface area contributed by atoms with E-state index in [-0.39, 0.29) is 0 Å². The summed E-state index contributed by atoms with van der Waals surface area (Å²) in [6.07, 6.45) is 5.54. The second kappa shape index (κ2) is 6.23. The molecule has 0 spiro atoms. The first-order valence-electron chi connectivity index (χ1n) is 8.88. The summed E-state index contributed by atoms with van der Waals surface area (Å²) in [6.45, 7) is 0.733. The van der Waals surface area contributed by atoms with E-state index in [1.807, 2.05) is 18.3 Å². The fourth-order valence-electron chi connectivity index (χ4n) is 3.75. The quantitative estimate of drug-likeness (QED) is 0.706. The lowest BCUT2D eigenvalue weighted by molar-refractivity contribution is 0.827. The van der Waals surface area contributed by atoms with Gasteiger partial charge in [0.2, 0.25) is 0 Å². The Bertz CT molecular complexity index is 1010. The van der Waals surface area contributed by atoms with E-state index in [1.165, 1.54) is 11.3 Å². The van der Waals surface area contributed by atoms with Crippen molar-refractivity contribution in [3.05, 3.63) is 95.6 Å². The first-order valence-corrected chi connectivity index (χ1v) is 8.88. The Morgan fingerprint density at radius 1 is 0.846 bits per heavy atom. The molecular formula is C22H18N4. The Labute approximate surface area is 152 Å². The molecular weight excluding hydrogens is 320 g/mol. The van der Waals surface area contributed by atoms with Crippen LogP contribution in [-0.2, 0) is 6.42 Å². The fraction of sp³-hybridized carbons (Fsp3) is 0.136. The predicted molar refractivity (Wildman–Crippen MR) is 104 cm³/mol. The summed E-state index contributed by atoms with van der Waals surface area (Å²) in [5.41, 5.74) is 7.03. The van der Waals surface area contributed by atoms with Crippen LogP contribution in [0, 0.1) is 0 Å². The van der Waals surface area contributed by atoms with Gasteiger partial charge in [0.25, 0.3) is 0 Å². The SMILES string of the molecule is c1ccc(C2=NCC3=C(c4cncnc4CC3)N2c2ccccc2)cc1. The molecule has 1 aliphatic carbocycles. The highest BCUT2D eigenvalue weighted by Gasteiger charge is 2.31. The summed E-state index contributed by atoms with van der Waals surface area (Å²) in [6, 6.07) is 20.8. The molecule has 0 N–H and O–H groups in total. The van der Waals surface area contributed by atoms with Crippen LogP contribution in [0.25, 0.3) is 5.70 Å². The Morgan fingerprint density at radius 2 is 1.62 bits per heavy atom. The zero-order chi connectivity index (χ0) is 17.3. The molecule has 4 heteroatoms. The number of fused-ring (bicyclic) bond motifs is 2. The highest BCUT2D eigenvalue weighted by molar-refractivity contribution is 6.19. The van der Waals surface area contributed by atoms with E-state index < -0.39 is 0 Å². The average Bonchev–Trinajstić information content (AvgIpc) is 2.74. The third-order valence-corrected chi connectivity index (χ3v) is 4.95. The summed E-state index contributed by atoms with van der Waals surface area (Å²) < 4.78 is 0. The predicted octanol–water partition coefficient (Wildman–Crippen LogP) is 4.10. The number of hydrogen-bond acceptors (Lipinski definition) is 4. The van der Waals surface area contributed by atoms with Gasteiger partial charge in [-0.05, 0) is 30.5 Å². The van der Waals surface area contributed by atoms with Gasteiger partial charge in [-0.1, -0.05) is 48.5 Å². The minimum Gasteiger partial charge on any atom is -0.294 e. The van der Waals surface area contributed by atoms with Gasteiger partial charge in [0.1, 0.15) is 12.2 Å². The van der Waals surface area contributed by atoms with Crippen molar-refractivity contribution in [3.8, 4) is 0 Å². The number of hydrogen-bond donors (Lipinski definition) is 0. The van der Waals surface area contributed by atoms with Crippen LogP contribution >= 0.6 is 0 Å². The molecule has 0 unspecified atom stereocenters. The van der Waals surface area contributed by atoms with E-state index in [0.29, 0.717) is 0 Å². The molecule has 0 bridgehead atoms. The lowest BCUT2D eigenvalue weighted by Crippen LogP contribution is -2.36. The largest absolute Gasteiger partial charge is 0.294 e. The number of aliphatic imine (C=N–C) groups is 1. The van der Waals surface area contributed by atoms with Gasteiger partial charge in [-0.2, -0.15) is 0 Å². The Balaban J connectivity index is 1.72. The van der Waals surface area contributed by atoms with Gasteiger partial charge >= 0.3 is 0 Å². The second-order valence-corrected chi connectivity index (χ2v) is 6.51. The zero-order valence-corrected chi connectivity index (χ0v) is 14.3. The van der Waals surface area contributed by atoms with Gasteiger partial charge in [-0.15, -0.1) is 0 Å². The molecule has 26 heavy (non-hydrogen) atoms. The molecule has 2 aromatic carbocycles. The Kier molecular flexibility index (Phi) is 3.60. The highest BCUT2D eigenvalue weighted by atomic mass is 15.2. The fourth-order valence-corrected chi connectivity index (χ4v) is 3.75. The van der Waals surface area contributed by atoms with Crippen molar-refractivity contribution in [2.45, 2.75) is 12.8 Å². The topological polar surface area (TPSA) is 41.4 Å². The van der Waals surface area contributed by atoms with Crippen LogP contribution in [0.4, 0.5) is 5.69 Å². The molecule has 1 aliphatic heterocycles. The van der Waals surface area contributed by atoms with Crippen LogP contribution in [-0.4, -0.2) is 22.3 Å². The molecule has 3 aromatic rings. The van der Waals surface area contributed by atoms with Crippen LogP contribution in [0.1, 0.15) is 23.2 Å². The number of amidine groups is 1. The summed E-state index contributed by atoms with van der Waals surface area (Å²) in [7, 11) is 0. The molecule has 0 fully saturated rings. The maximum absolute atomic E-state index is 4.96. The standard InChI is InChI=1S/C22H18N4/c1-3-7-16(8-4-1)22-24-13-17-11-12-20-19(14-23-15-25-20)21(17)26(22)18-9-5-2-6-10-18/h1-10,14-15H,11-13H2. The van der Waals surface area contributed by atoms with Crippen LogP contribution < -0.4 is 4.90 Å². The summed E-state index contributed by atoms with van der Waals surface area (Å²) in [5.74, 6) is 0.979. The first-order chi connectivity index (χ1) is 12.9. The monoisotopic (exact) mass is 338 g/mol. The molecule has 0 saturated heterocycles. The molecule has 0 amide bonds. The van der Waals surface area contributed by atoms with Crippen LogP contribution in [0.3, 0.4) is 0 Å². The van der Waals surface area contributed by atoms with Crippen molar-refractivity contribution in [2.24, 2.45) is 4.99 Å². The van der Waals surface area contributed by atoms with E-state index >= 15 is 0 Å². The van der Waals surface area contributed by atoms with E-state index in [4.69, 9.17) is 4.99 Å². The number of nitrogens with zero attached hydrogens (tertiary/aromatic N) is 4. The number of aromatic nitrogens is 2. The molecule has 5 rings (SSSR count). The Morgan fingerprint density at radius 3 is 2.42 bits per heavy atom. The van der Waals surface area contributed by atoms with Gasteiger partial charge in [-0.25, -0.2) is 9.97 Å². The molecule has 2 aliphatic rings. The maximum Gasteiger partial charge on any atom is 0.140 e. The van der Waals surface area contributed by atoms with Crippen molar-refractivity contribution < 1.29 is 0 Å². The minimum absolute atomic E-state index is 0.733. The minimum atomic E-state index is 0.733. The average molecular weight is 338 g/mol. The van der Waals surface area contributed by atoms with Gasteiger partial charge in [0.15, 0.2) is 0 Å². The normalized spacial score (nSPS) is 16.0. The van der Waals surface area contributed by atoms with Crippen LogP contribution in [0.2, 0.25) is 0 Å². The zero-order valence-electron chi connectivity index (χ0n) is 14.3. The van der Waals surface area contributed by atoms with Gasteiger partial charge in [0.05, 0.1) is 17.9 Å². The lowest BCUT2D eigenvalue weighted by atomic mass is 9.90. The number of rotatable bonds is 2. The van der Waals surface area contributed by atoms with Gasteiger partial charge in [-0.3, -0.25) is 9.89 Å². The molecule has 0 saturated carbocycles. The molecule has 4 nitrogen and oxygen atoms in total. The maximum atomic E-state index is 4.96. The summed E-state index contributed by atoms with van der Waals surface area (Å²) in [4.78, 5) is 16.1. The number of aryl methyl sites for hydroxylation is 1. The smallest absolute Gasteiger partial charge is 0.140 e. The van der Waals surface area contributed by atoms with E-state index in [2.05, 4.69) is 63.4 Å². The van der Waals surface area contributed by atoms with E-state index in [0.717, 1.165) is 47.7 Å². The second-order valence-electron chi connectivity index (χ2n) is 6.51. The summed E-state index contributed by atoms with van der Waals surface area (Å²) >= 11 is 0. The number of benzene rings is 2. The van der Waals surface area contributed by atoms with E-state index in [9.17, 15) is 0 Å². The van der Waals surface area contributed by atoms with Crippen molar-refractivity contribution in [3.63, 3.8) is 0 Å². The lowest BCUT2D eigenvalue weighted by Gasteiger charge is -2.36. The van der Waals surface area contributed by atoms with Crippen LogP contribution in [0.15, 0.2) is 83.8 Å². The highest BCUT2D eigenvalue weighted by Crippen LogP contribution is 2.38.